The van der Waals surface area contributed by atoms with Gasteiger partial charge >= 0.3 is 0 Å². The molecule has 1 heterocycles. The number of unbranched alkanes of at least 4 members (excludes halogenated alkanes) is 3. The lowest BCUT2D eigenvalue weighted by Gasteiger charge is -2.15. The summed E-state index contributed by atoms with van der Waals surface area (Å²) in [7, 11) is 0. The van der Waals surface area contributed by atoms with E-state index >= 15 is 0 Å². The van der Waals surface area contributed by atoms with Crippen molar-refractivity contribution >= 4 is 17.5 Å². The molecule has 0 saturated carbocycles. The molecule has 0 saturated heterocycles. The number of carbonyl (C=O) groups excluding carboxylic acids is 2. The number of imide groups is 1. The van der Waals surface area contributed by atoms with Crippen molar-refractivity contribution in [1.82, 2.24) is 4.90 Å². The summed E-state index contributed by atoms with van der Waals surface area (Å²) in [5.41, 5.74) is 0.705. The number of carbonyl (C=O) groups is 2. The molecular formula is C27H40N2O5. The minimum Gasteiger partial charge on any atom is -0.509 e. The quantitative estimate of drug-likeness (QED) is 0.262. The molecule has 1 aliphatic rings. The monoisotopic (exact) mass is 472 g/mol. The van der Waals surface area contributed by atoms with Gasteiger partial charge in [0.2, 0.25) is 5.91 Å². The van der Waals surface area contributed by atoms with Gasteiger partial charge in [0.15, 0.2) is 0 Å². The lowest BCUT2D eigenvalue weighted by atomic mass is 10.1. The number of ether oxygens (including phenoxy) is 2. The third-order valence-corrected chi connectivity index (χ3v) is 5.52. The first-order valence-corrected chi connectivity index (χ1v) is 12.5. The molecule has 34 heavy (non-hydrogen) atoms. The number of amides is 2. The standard InChI is InChI=1S/C27H40N2O5/c1-4-5-6-10-16-25(31)29-20-24(30)26(27(29)32)23(28-17-12-19-33-21(2)3)15-11-18-34-22-13-8-7-9-14-22/h7-9,13-14,21,30H,4-6,10-12,15-20H2,1-3H3. The molecule has 1 N–H and O–H groups in total. The van der Waals surface area contributed by atoms with Crippen molar-refractivity contribution in [2.75, 3.05) is 26.3 Å². The Morgan fingerprint density at radius 3 is 2.53 bits per heavy atom. The van der Waals surface area contributed by atoms with Gasteiger partial charge in [-0.3, -0.25) is 19.5 Å². The largest absolute Gasteiger partial charge is 0.509 e. The molecule has 1 aromatic rings. The van der Waals surface area contributed by atoms with Crippen molar-refractivity contribution < 1.29 is 24.2 Å². The van der Waals surface area contributed by atoms with Gasteiger partial charge < -0.3 is 14.6 Å². The number of para-hydroxylation sites is 1. The zero-order valence-electron chi connectivity index (χ0n) is 20.9. The Balaban J connectivity index is 2.00. The van der Waals surface area contributed by atoms with Crippen LogP contribution in [-0.4, -0.2) is 59.9 Å². The van der Waals surface area contributed by atoms with Crippen LogP contribution in [0.1, 0.15) is 72.1 Å². The molecule has 7 nitrogen and oxygen atoms in total. The van der Waals surface area contributed by atoms with Crippen LogP contribution in [0.15, 0.2) is 46.7 Å². The summed E-state index contributed by atoms with van der Waals surface area (Å²) in [5.74, 6) is 0.0256. The Labute approximate surface area is 203 Å². The van der Waals surface area contributed by atoms with Gasteiger partial charge in [0.05, 0.1) is 25.0 Å². The van der Waals surface area contributed by atoms with Crippen molar-refractivity contribution in [2.24, 2.45) is 4.99 Å². The van der Waals surface area contributed by atoms with Crippen LogP contribution in [0.25, 0.3) is 0 Å². The molecule has 0 unspecified atom stereocenters. The number of aliphatic hydroxyl groups is 1. The maximum absolute atomic E-state index is 13.1. The highest BCUT2D eigenvalue weighted by Gasteiger charge is 2.36. The van der Waals surface area contributed by atoms with E-state index in [1.807, 2.05) is 44.2 Å². The van der Waals surface area contributed by atoms with E-state index in [0.717, 1.165) is 36.3 Å². The average Bonchev–Trinajstić information content (AvgIpc) is 3.12. The number of aliphatic imine (C=N–C) groups is 1. The van der Waals surface area contributed by atoms with Crippen molar-refractivity contribution in [3.8, 4) is 5.75 Å². The predicted molar refractivity (Wildman–Crippen MR) is 134 cm³/mol. The molecule has 2 amide bonds. The number of hydrogen-bond donors (Lipinski definition) is 1. The molecule has 0 spiro atoms. The van der Waals surface area contributed by atoms with Crippen molar-refractivity contribution in [3.63, 3.8) is 0 Å². The molecule has 1 aliphatic heterocycles. The molecule has 2 rings (SSSR count). The summed E-state index contributed by atoms with van der Waals surface area (Å²) >= 11 is 0. The zero-order valence-corrected chi connectivity index (χ0v) is 20.9. The smallest absolute Gasteiger partial charge is 0.266 e. The van der Waals surface area contributed by atoms with E-state index in [0.29, 0.717) is 51.2 Å². The predicted octanol–water partition coefficient (Wildman–Crippen LogP) is 5.25. The van der Waals surface area contributed by atoms with Gasteiger partial charge in [0.1, 0.15) is 17.1 Å². The third-order valence-electron chi connectivity index (χ3n) is 5.52. The van der Waals surface area contributed by atoms with Crippen LogP contribution in [0, 0.1) is 0 Å². The molecule has 0 radical (unpaired) electrons. The van der Waals surface area contributed by atoms with Gasteiger partial charge in [-0.05, 0) is 51.7 Å². The second-order valence-corrected chi connectivity index (χ2v) is 8.78. The molecule has 0 aliphatic carbocycles. The molecule has 0 atom stereocenters. The van der Waals surface area contributed by atoms with Crippen LogP contribution >= 0.6 is 0 Å². The van der Waals surface area contributed by atoms with E-state index in [1.165, 1.54) is 0 Å². The Morgan fingerprint density at radius 2 is 1.82 bits per heavy atom. The SMILES string of the molecule is CCCCCCC(=O)N1CC(O)=C(C(CCCOc2ccccc2)=NCCCOC(C)C)C1=O. The van der Waals surface area contributed by atoms with Crippen molar-refractivity contribution in [1.29, 1.82) is 0 Å². The van der Waals surface area contributed by atoms with Gasteiger partial charge in [0.25, 0.3) is 5.91 Å². The maximum atomic E-state index is 13.1. The summed E-state index contributed by atoms with van der Waals surface area (Å²) < 4.78 is 11.3. The number of nitrogens with zero attached hydrogens (tertiary/aromatic N) is 2. The van der Waals surface area contributed by atoms with Crippen molar-refractivity contribution in [2.45, 2.75) is 78.2 Å². The van der Waals surface area contributed by atoms with Gasteiger partial charge in [0, 0.05) is 19.6 Å². The zero-order chi connectivity index (χ0) is 24.8. The van der Waals surface area contributed by atoms with Gasteiger partial charge in [-0.25, -0.2) is 0 Å². The number of hydrogen-bond acceptors (Lipinski definition) is 6. The van der Waals surface area contributed by atoms with Crippen LogP contribution in [-0.2, 0) is 14.3 Å². The molecule has 0 fully saturated rings. The molecule has 0 bridgehead atoms. The highest BCUT2D eigenvalue weighted by molar-refractivity contribution is 6.26. The van der Waals surface area contributed by atoms with E-state index < -0.39 is 5.91 Å². The Hall–Kier alpha value is -2.67. The highest BCUT2D eigenvalue weighted by atomic mass is 16.5. The molecule has 1 aromatic carbocycles. The molecule has 188 valence electrons. The topological polar surface area (TPSA) is 88.4 Å². The van der Waals surface area contributed by atoms with Gasteiger partial charge in [-0.15, -0.1) is 0 Å². The second-order valence-electron chi connectivity index (χ2n) is 8.78. The first-order chi connectivity index (χ1) is 16.4. The third kappa shape index (κ3) is 9.29. The Kier molecular flexibility index (Phi) is 12.4. The van der Waals surface area contributed by atoms with Crippen LogP contribution in [0.2, 0.25) is 0 Å². The Morgan fingerprint density at radius 1 is 1.06 bits per heavy atom. The number of aliphatic hydroxyl groups excluding tert-OH is 1. The summed E-state index contributed by atoms with van der Waals surface area (Å²) in [5, 5.41) is 10.6. The van der Waals surface area contributed by atoms with E-state index in [4.69, 9.17) is 9.47 Å². The van der Waals surface area contributed by atoms with Gasteiger partial charge in [-0.2, -0.15) is 0 Å². The fraction of sp³-hybridized carbons (Fsp3) is 0.593. The van der Waals surface area contributed by atoms with Crippen LogP contribution in [0.4, 0.5) is 0 Å². The normalized spacial score (nSPS) is 14.4. The summed E-state index contributed by atoms with van der Waals surface area (Å²) in [6.07, 6.45) is 6.15. The first-order valence-electron chi connectivity index (χ1n) is 12.5. The maximum Gasteiger partial charge on any atom is 0.266 e. The summed E-state index contributed by atoms with van der Waals surface area (Å²) in [6, 6.07) is 9.54. The number of benzene rings is 1. The van der Waals surface area contributed by atoms with Gasteiger partial charge in [-0.1, -0.05) is 44.4 Å². The molecule has 7 heteroatoms. The summed E-state index contributed by atoms with van der Waals surface area (Å²) in [6.45, 7) is 7.52. The first kappa shape index (κ1) is 27.6. The number of rotatable bonds is 16. The van der Waals surface area contributed by atoms with E-state index in [9.17, 15) is 14.7 Å². The minimum absolute atomic E-state index is 0.0726. The second kappa shape index (κ2) is 15.3. The summed E-state index contributed by atoms with van der Waals surface area (Å²) in [4.78, 5) is 31.5. The average molecular weight is 473 g/mol. The fourth-order valence-corrected chi connectivity index (χ4v) is 3.72. The van der Waals surface area contributed by atoms with E-state index in [2.05, 4.69) is 11.9 Å². The van der Waals surface area contributed by atoms with E-state index in [1.54, 1.807) is 0 Å². The van der Waals surface area contributed by atoms with E-state index in [-0.39, 0.29) is 29.9 Å². The lowest BCUT2D eigenvalue weighted by molar-refractivity contribution is -0.140. The Bertz CT molecular complexity index is 833. The lowest BCUT2D eigenvalue weighted by Crippen LogP contribution is -2.34. The highest BCUT2D eigenvalue weighted by Crippen LogP contribution is 2.23. The van der Waals surface area contributed by atoms with Crippen LogP contribution in [0.5, 0.6) is 5.75 Å². The van der Waals surface area contributed by atoms with Crippen LogP contribution in [0.3, 0.4) is 0 Å². The molecular weight excluding hydrogens is 432 g/mol. The minimum atomic E-state index is -0.445. The molecule has 0 aromatic heterocycles. The fourth-order valence-electron chi connectivity index (χ4n) is 3.72. The van der Waals surface area contributed by atoms with Crippen LogP contribution < -0.4 is 4.74 Å². The van der Waals surface area contributed by atoms with Crippen molar-refractivity contribution in [3.05, 3.63) is 41.7 Å².